The molecule has 0 saturated carbocycles. The first kappa shape index (κ1) is 16.7. The molecule has 0 aromatic heterocycles. The van der Waals surface area contributed by atoms with E-state index in [9.17, 15) is 16.8 Å². The number of rotatable bonds is 7. The van der Waals surface area contributed by atoms with Gasteiger partial charge in [-0.05, 0) is 24.6 Å². The summed E-state index contributed by atoms with van der Waals surface area (Å²) in [6.45, 7) is 0.742. The Hall–Kier alpha value is -1.36. The lowest BCUT2D eigenvalue weighted by Crippen LogP contribution is -2.24. The van der Waals surface area contributed by atoms with Crippen LogP contribution in [0.2, 0.25) is 0 Å². The van der Waals surface area contributed by atoms with Crippen molar-refractivity contribution < 1.29 is 16.8 Å². The van der Waals surface area contributed by atoms with Gasteiger partial charge >= 0.3 is 0 Å². The number of nitrogens with two attached hydrogens (primary N) is 2. The lowest BCUT2D eigenvalue weighted by atomic mass is 10.2. The summed E-state index contributed by atoms with van der Waals surface area (Å²) in [6.07, 6.45) is 1.61. The van der Waals surface area contributed by atoms with Crippen LogP contribution in [0.1, 0.15) is 6.42 Å². The molecule has 20 heavy (non-hydrogen) atoms. The van der Waals surface area contributed by atoms with Crippen LogP contribution in [0.25, 0.3) is 0 Å². The Balaban J connectivity index is 2.59. The quantitative estimate of drug-likeness (QED) is 0.384. The molecule has 1 aromatic rings. The average molecular weight is 322 g/mol. The highest BCUT2D eigenvalue weighted by molar-refractivity contribution is 7.89. The molecule has 1 aromatic carbocycles. The minimum Gasteiger partial charge on any atom is -0.399 e. The maximum atomic E-state index is 11.2. The van der Waals surface area contributed by atoms with E-state index in [1.807, 2.05) is 0 Å². The molecule has 8 nitrogen and oxygen atoms in total. The molecule has 0 heterocycles. The lowest BCUT2D eigenvalue weighted by molar-refractivity contribution is 0.586. The molecule has 0 spiro atoms. The van der Waals surface area contributed by atoms with Crippen molar-refractivity contribution in [2.45, 2.75) is 11.3 Å². The summed E-state index contributed by atoms with van der Waals surface area (Å²) in [4.78, 5) is -0.0748. The molecule has 0 amide bonds. The number of primary sulfonamides is 1. The highest BCUT2D eigenvalue weighted by atomic mass is 32.2. The molecule has 114 valence electrons. The Kier molecular flexibility index (Phi) is 5.34. The number of hydrogen-bond acceptors (Lipinski definition) is 6. The van der Waals surface area contributed by atoms with Gasteiger partial charge in [-0.15, -0.1) is 0 Å². The van der Waals surface area contributed by atoms with Crippen molar-refractivity contribution in [2.75, 3.05) is 30.4 Å². The van der Waals surface area contributed by atoms with Crippen molar-refractivity contribution in [3.63, 3.8) is 0 Å². The van der Waals surface area contributed by atoms with E-state index in [2.05, 4.69) is 10.0 Å². The van der Waals surface area contributed by atoms with E-state index in [1.165, 1.54) is 12.1 Å². The van der Waals surface area contributed by atoms with Gasteiger partial charge in [0.2, 0.25) is 20.0 Å². The smallest absolute Gasteiger partial charge is 0.238 e. The van der Waals surface area contributed by atoms with Crippen LogP contribution in [0, 0.1) is 0 Å². The molecule has 0 aliphatic rings. The van der Waals surface area contributed by atoms with Crippen LogP contribution in [0.5, 0.6) is 0 Å². The first-order chi connectivity index (χ1) is 9.08. The molecule has 0 bridgehead atoms. The second-order valence-electron chi connectivity index (χ2n) is 4.28. The van der Waals surface area contributed by atoms with Crippen molar-refractivity contribution in [3.8, 4) is 0 Å². The van der Waals surface area contributed by atoms with Crippen LogP contribution in [-0.4, -0.2) is 36.2 Å². The second-order valence-corrected chi connectivity index (χ2v) is 7.68. The highest BCUT2D eigenvalue weighted by Gasteiger charge is 2.09. The first-order valence-electron chi connectivity index (χ1n) is 5.70. The molecule has 1 rings (SSSR count). The van der Waals surface area contributed by atoms with Crippen molar-refractivity contribution in [1.29, 1.82) is 0 Å². The van der Waals surface area contributed by atoms with Gasteiger partial charge in [0.15, 0.2) is 0 Å². The van der Waals surface area contributed by atoms with Gasteiger partial charge in [0.25, 0.3) is 0 Å². The third-order valence-electron chi connectivity index (χ3n) is 2.30. The standard InChI is InChI=1S/C10H18N4O4S2/c1-19(15,16)14-4-2-3-13-9-5-8(11)6-10(7-9)20(12,17)18/h5-7,13-14H,2-4,11H2,1H3,(H2,12,17,18). The van der Waals surface area contributed by atoms with Crippen molar-refractivity contribution in [2.24, 2.45) is 5.14 Å². The summed E-state index contributed by atoms with van der Waals surface area (Å²) >= 11 is 0. The summed E-state index contributed by atoms with van der Waals surface area (Å²) in [5, 5.41) is 7.98. The van der Waals surface area contributed by atoms with Crippen LogP contribution >= 0.6 is 0 Å². The maximum Gasteiger partial charge on any atom is 0.238 e. The molecule has 10 heteroatoms. The second kappa shape index (κ2) is 6.39. The molecule has 0 saturated heterocycles. The van der Waals surface area contributed by atoms with E-state index >= 15 is 0 Å². The van der Waals surface area contributed by atoms with Crippen LogP contribution < -0.4 is 20.9 Å². The van der Waals surface area contributed by atoms with Gasteiger partial charge in [-0.2, -0.15) is 0 Å². The SMILES string of the molecule is CS(=O)(=O)NCCCNc1cc(N)cc(S(N)(=O)=O)c1. The van der Waals surface area contributed by atoms with Gasteiger partial charge in [-0.1, -0.05) is 0 Å². The van der Waals surface area contributed by atoms with Gasteiger partial charge < -0.3 is 11.1 Å². The Labute approximate surface area is 118 Å². The number of nitrogens with one attached hydrogen (secondary N) is 2. The van der Waals surface area contributed by atoms with Crippen LogP contribution in [0.3, 0.4) is 0 Å². The van der Waals surface area contributed by atoms with Gasteiger partial charge in [-0.25, -0.2) is 26.7 Å². The van der Waals surface area contributed by atoms with Crippen molar-refractivity contribution >= 4 is 31.4 Å². The van der Waals surface area contributed by atoms with Crippen molar-refractivity contribution in [3.05, 3.63) is 18.2 Å². The molecular formula is C10H18N4O4S2. The fraction of sp³-hybridized carbons (Fsp3) is 0.400. The molecular weight excluding hydrogens is 304 g/mol. The van der Waals surface area contributed by atoms with E-state index in [0.717, 1.165) is 6.26 Å². The number of anilines is 2. The van der Waals surface area contributed by atoms with Crippen LogP contribution in [0.15, 0.2) is 23.1 Å². The molecule has 0 aliphatic heterocycles. The molecule has 0 atom stereocenters. The van der Waals surface area contributed by atoms with Gasteiger partial charge in [0, 0.05) is 24.5 Å². The monoisotopic (exact) mass is 322 g/mol. The number of nitrogen functional groups attached to an aromatic ring is 1. The largest absolute Gasteiger partial charge is 0.399 e. The number of hydrogen-bond donors (Lipinski definition) is 4. The van der Waals surface area contributed by atoms with Crippen LogP contribution in [-0.2, 0) is 20.0 Å². The molecule has 6 N–H and O–H groups in total. The Bertz CT molecular complexity index is 670. The Morgan fingerprint density at radius 3 is 2.30 bits per heavy atom. The summed E-state index contributed by atoms with van der Waals surface area (Å²) in [5.74, 6) is 0. The van der Waals surface area contributed by atoms with Crippen LogP contribution in [0.4, 0.5) is 11.4 Å². The average Bonchev–Trinajstić information content (AvgIpc) is 2.25. The number of benzene rings is 1. The topological polar surface area (TPSA) is 144 Å². The van der Waals surface area contributed by atoms with E-state index in [4.69, 9.17) is 10.9 Å². The number of sulfonamides is 2. The third kappa shape index (κ3) is 6.19. The van der Waals surface area contributed by atoms with Gasteiger partial charge in [0.05, 0.1) is 11.2 Å². The van der Waals surface area contributed by atoms with Gasteiger partial charge in [0.1, 0.15) is 0 Å². The van der Waals surface area contributed by atoms with Crippen molar-refractivity contribution in [1.82, 2.24) is 4.72 Å². The lowest BCUT2D eigenvalue weighted by Gasteiger charge is -2.09. The normalized spacial score (nSPS) is 12.3. The first-order valence-corrected chi connectivity index (χ1v) is 9.13. The maximum absolute atomic E-state index is 11.2. The van der Waals surface area contributed by atoms with E-state index in [0.29, 0.717) is 18.7 Å². The highest BCUT2D eigenvalue weighted by Crippen LogP contribution is 2.19. The Morgan fingerprint density at radius 1 is 1.10 bits per heavy atom. The van der Waals surface area contributed by atoms with E-state index in [1.54, 1.807) is 6.07 Å². The fourth-order valence-electron chi connectivity index (χ4n) is 1.47. The fourth-order valence-corrected chi connectivity index (χ4v) is 2.57. The Morgan fingerprint density at radius 2 is 1.75 bits per heavy atom. The predicted molar refractivity (Wildman–Crippen MR) is 78.2 cm³/mol. The summed E-state index contributed by atoms with van der Waals surface area (Å²) < 4.78 is 46.5. The van der Waals surface area contributed by atoms with E-state index < -0.39 is 20.0 Å². The zero-order chi connectivity index (χ0) is 15.4. The molecule has 0 unspecified atom stereocenters. The van der Waals surface area contributed by atoms with Gasteiger partial charge in [-0.3, -0.25) is 0 Å². The molecule has 0 fully saturated rings. The van der Waals surface area contributed by atoms with E-state index in [-0.39, 0.29) is 17.1 Å². The zero-order valence-electron chi connectivity index (χ0n) is 11.0. The third-order valence-corrected chi connectivity index (χ3v) is 3.93. The molecule has 0 radical (unpaired) electrons. The molecule has 0 aliphatic carbocycles. The summed E-state index contributed by atoms with van der Waals surface area (Å²) in [7, 11) is -7.01. The predicted octanol–water partition coefficient (Wildman–Crippen LogP) is -0.733. The summed E-state index contributed by atoms with van der Waals surface area (Å²) in [6, 6.07) is 4.21. The minimum atomic E-state index is -3.81. The minimum absolute atomic E-state index is 0.0748. The zero-order valence-corrected chi connectivity index (χ0v) is 12.6. The summed E-state index contributed by atoms with van der Waals surface area (Å²) in [5.41, 5.74) is 6.37.